The molecule has 0 saturated heterocycles. The number of esters is 1. The Hall–Kier alpha value is -2.21. The number of aromatic nitrogens is 1. The molecule has 0 spiro atoms. The Balaban J connectivity index is 2.16. The second kappa shape index (κ2) is 10.5. The van der Waals surface area contributed by atoms with Gasteiger partial charge in [-0.25, -0.2) is 9.78 Å². The first-order valence-electron chi connectivity index (χ1n) is 10.3. The Morgan fingerprint density at radius 3 is 2.38 bits per heavy atom. The summed E-state index contributed by atoms with van der Waals surface area (Å²) in [7, 11) is 0. The molecule has 0 unspecified atom stereocenters. The van der Waals surface area contributed by atoms with Crippen LogP contribution in [0.1, 0.15) is 85.3 Å². The van der Waals surface area contributed by atoms with Gasteiger partial charge in [0.2, 0.25) is 0 Å². The number of thiazole rings is 1. The lowest BCUT2D eigenvalue weighted by molar-refractivity contribution is 0.0520. The van der Waals surface area contributed by atoms with Gasteiger partial charge in [0.25, 0.3) is 5.91 Å². The van der Waals surface area contributed by atoms with Crippen molar-refractivity contribution in [3.63, 3.8) is 0 Å². The minimum atomic E-state index is -0.420. The summed E-state index contributed by atoms with van der Waals surface area (Å²) < 4.78 is 5.01. The highest BCUT2D eigenvalue weighted by molar-refractivity contribution is 7.09. The SMILES string of the molecule is CCCCCN(Cc1nc(C(=O)OCC)cs1)C(=O)c1ccc(C(C)(C)C)cc1. The van der Waals surface area contributed by atoms with Crippen molar-refractivity contribution in [1.82, 2.24) is 9.88 Å². The first-order valence-corrected chi connectivity index (χ1v) is 11.2. The van der Waals surface area contributed by atoms with E-state index in [4.69, 9.17) is 4.74 Å². The van der Waals surface area contributed by atoms with Gasteiger partial charge in [0, 0.05) is 17.5 Å². The van der Waals surface area contributed by atoms with Crippen molar-refractivity contribution >= 4 is 23.2 Å². The number of benzene rings is 1. The summed E-state index contributed by atoms with van der Waals surface area (Å²) in [5.41, 5.74) is 2.23. The van der Waals surface area contributed by atoms with Crippen molar-refractivity contribution in [3.05, 3.63) is 51.5 Å². The van der Waals surface area contributed by atoms with Crippen LogP contribution in [0.25, 0.3) is 0 Å². The smallest absolute Gasteiger partial charge is 0.357 e. The number of ether oxygens (including phenoxy) is 1. The fraction of sp³-hybridized carbons (Fsp3) is 0.522. The van der Waals surface area contributed by atoms with Crippen molar-refractivity contribution in [1.29, 1.82) is 0 Å². The average Bonchev–Trinajstić information content (AvgIpc) is 3.15. The third kappa shape index (κ3) is 6.67. The lowest BCUT2D eigenvalue weighted by atomic mass is 9.86. The second-order valence-electron chi connectivity index (χ2n) is 8.11. The normalized spacial score (nSPS) is 11.3. The van der Waals surface area contributed by atoms with Crippen LogP contribution < -0.4 is 0 Å². The van der Waals surface area contributed by atoms with Crippen molar-refractivity contribution in [3.8, 4) is 0 Å². The number of hydrogen-bond acceptors (Lipinski definition) is 5. The number of amides is 1. The molecule has 5 nitrogen and oxygen atoms in total. The van der Waals surface area contributed by atoms with Crippen LogP contribution in [-0.2, 0) is 16.7 Å². The van der Waals surface area contributed by atoms with Crippen LogP contribution in [0.15, 0.2) is 29.6 Å². The number of nitrogens with zero attached hydrogens (tertiary/aromatic N) is 2. The van der Waals surface area contributed by atoms with Gasteiger partial charge < -0.3 is 9.64 Å². The second-order valence-corrected chi connectivity index (χ2v) is 9.05. The zero-order valence-corrected chi connectivity index (χ0v) is 19.0. The van der Waals surface area contributed by atoms with E-state index in [9.17, 15) is 9.59 Å². The molecular formula is C23H32N2O3S. The van der Waals surface area contributed by atoms with Gasteiger partial charge >= 0.3 is 5.97 Å². The van der Waals surface area contributed by atoms with Crippen molar-refractivity contribution in [2.75, 3.05) is 13.2 Å². The van der Waals surface area contributed by atoms with E-state index < -0.39 is 5.97 Å². The highest BCUT2D eigenvalue weighted by atomic mass is 32.1. The third-order valence-corrected chi connectivity index (χ3v) is 5.51. The Labute approximate surface area is 178 Å². The molecule has 158 valence electrons. The van der Waals surface area contributed by atoms with Gasteiger partial charge in [-0.1, -0.05) is 52.7 Å². The van der Waals surface area contributed by atoms with E-state index in [0.717, 1.165) is 24.3 Å². The lowest BCUT2D eigenvalue weighted by Gasteiger charge is -2.23. The molecule has 0 aliphatic rings. The maximum atomic E-state index is 13.2. The summed E-state index contributed by atoms with van der Waals surface area (Å²) in [5, 5.41) is 2.43. The monoisotopic (exact) mass is 416 g/mol. The maximum absolute atomic E-state index is 13.2. The topological polar surface area (TPSA) is 59.5 Å². The summed E-state index contributed by atoms with van der Waals surface area (Å²) in [6.07, 6.45) is 3.10. The first kappa shape index (κ1) is 23.1. The molecule has 1 aromatic heterocycles. The van der Waals surface area contributed by atoms with Crippen LogP contribution in [-0.4, -0.2) is 34.9 Å². The molecule has 0 atom stereocenters. The average molecular weight is 417 g/mol. The van der Waals surface area contributed by atoms with E-state index in [-0.39, 0.29) is 11.3 Å². The van der Waals surface area contributed by atoms with E-state index in [1.165, 1.54) is 16.9 Å². The number of rotatable bonds is 9. The number of hydrogen-bond donors (Lipinski definition) is 0. The zero-order valence-electron chi connectivity index (χ0n) is 18.2. The highest BCUT2D eigenvalue weighted by Crippen LogP contribution is 2.23. The van der Waals surface area contributed by atoms with Gasteiger partial charge in [0.15, 0.2) is 5.69 Å². The predicted molar refractivity (Wildman–Crippen MR) is 117 cm³/mol. The summed E-state index contributed by atoms with van der Waals surface area (Å²) >= 11 is 1.38. The molecule has 1 heterocycles. The molecule has 2 aromatic rings. The van der Waals surface area contributed by atoms with Gasteiger partial charge in [-0.2, -0.15) is 0 Å². The highest BCUT2D eigenvalue weighted by Gasteiger charge is 2.20. The molecule has 0 radical (unpaired) electrons. The molecule has 0 aliphatic heterocycles. The van der Waals surface area contributed by atoms with Crippen LogP contribution in [0.3, 0.4) is 0 Å². The Morgan fingerprint density at radius 1 is 1.10 bits per heavy atom. The molecule has 0 fully saturated rings. The minimum absolute atomic E-state index is 0.00514. The quantitative estimate of drug-likeness (QED) is 0.403. The van der Waals surface area contributed by atoms with Crippen LogP contribution in [0, 0.1) is 0 Å². The molecule has 6 heteroatoms. The summed E-state index contributed by atoms with van der Waals surface area (Å²) in [4.78, 5) is 31.2. The van der Waals surface area contributed by atoms with Crippen molar-refractivity contribution in [2.24, 2.45) is 0 Å². The Morgan fingerprint density at radius 2 is 1.79 bits per heavy atom. The van der Waals surface area contributed by atoms with Crippen LogP contribution in [0.2, 0.25) is 0 Å². The molecule has 1 aromatic carbocycles. The van der Waals surface area contributed by atoms with E-state index in [2.05, 4.69) is 32.7 Å². The van der Waals surface area contributed by atoms with E-state index in [1.54, 1.807) is 12.3 Å². The molecule has 2 rings (SSSR count). The van der Waals surface area contributed by atoms with Gasteiger partial charge in [0.1, 0.15) is 5.01 Å². The van der Waals surface area contributed by atoms with E-state index in [1.807, 2.05) is 29.2 Å². The Kier molecular flexibility index (Phi) is 8.38. The fourth-order valence-corrected chi connectivity index (χ4v) is 3.72. The first-order chi connectivity index (χ1) is 13.8. The fourth-order valence-electron chi connectivity index (χ4n) is 2.95. The minimum Gasteiger partial charge on any atom is -0.461 e. The standard InChI is InChI=1S/C23H32N2O3S/c1-6-8-9-14-25(15-20-24-19(16-29-20)22(27)28-7-2)21(26)17-10-12-18(13-11-17)23(3,4)5/h10-13,16H,6-9,14-15H2,1-5H3. The molecule has 1 amide bonds. The third-order valence-electron chi connectivity index (χ3n) is 4.68. The molecule has 0 bridgehead atoms. The largest absolute Gasteiger partial charge is 0.461 e. The lowest BCUT2D eigenvalue weighted by Crippen LogP contribution is -2.31. The molecule has 0 aliphatic carbocycles. The van der Waals surface area contributed by atoms with Crippen LogP contribution >= 0.6 is 11.3 Å². The summed E-state index contributed by atoms with van der Waals surface area (Å²) in [6.45, 7) is 11.8. The van der Waals surface area contributed by atoms with Crippen LogP contribution in [0.5, 0.6) is 0 Å². The number of unbranched alkanes of at least 4 members (excludes halogenated alkanes) is 2. The van der Waals surface area contributed by atoms with E-state index in [0.29, 0.717) is 31.0 Å². The van der Waals surface area contributed by atoms with Gasteiger partial charge in [-0.05, 0) is 36.5 Å². The maximum Gasteiger partial charge on any atom is 0.357 e. The van der Waals surface area contributed by atoms with Gasteiger partial charge in [-0.3, -0.25) is 4.79 Å². The summed E-state index contributed by atoms with van der Waals surface area (Å²) in [6, 6.07) is 7.86. The Bertz CT molecular complexity index is 806. The molecule has 29 heavy (non-hydrogen) atoms. The van der Waals surface area contributed by atoms with Crippen LogP contribution in [0.4, 0.5) is 0 Å². The molecule has 0 N–H and O–H groups in total. The number of carbonyl (C=O) groups excluding carboxylic acids is 2. The van der Waals surface area contributed by atoms with Gasteiger partial charge in [-0.15, -0.1) is 11.3 Å². The van der Waals surface area contributed by atoms with Crippen molar-refractivity contribution < 1.29 is 14.3 Å². The molecule has 0 saturated carbocycles. The molecular weight excluding hydrogens is 384 g/mol. The predicted octanol–water partition coefficient (Wildman–Crippen LogP) is 5.45. The van der Waals surface area contributed by atoms with Gasteiger partial charge in [0.05, 0.1) is 13.2 Å². The van der Waals surface area contributed by atoms with E-state index >= 15 is 0 Å². The summed E-state index contributed by atoms with van der Waals surface area (Å²) in [5.74, 6) is -0.425. The van der Waals surface area contributed by atoms with Crippen molar-refractivity contribution in [2.45, 2.75) is 65.8 Å². The number of carbonyl (C=O) groups is 2. The zero-order chi connectivity index (χ0) is 21.4.